The zero-order chi connectivity index (χ0) is 13.5. The summed E-state index contributed by atoms with van der Waals surface area (Å²) >= 11 is 0. The predicted octanol–water partition coefficient (Wildman–Crippen LogP) is 2.35. The molecule has 98 valence electrons. The van der Waals surface area contributed by atoms with Crippen LogP contribution in [0.2, 0.25) is 0 Å². The van der Waals surface area contributed by atoms with Crippen molar-refractivity contribution in [3.05, 3.63) is 35.9 Å². The molecule has 1 amide bonds. The number of carbonyl (C=O) groups excluding carboxylic acids is 2. The second-order valence-corrected chi connectivity index (χ2v) is 4.67. The van der Waals surface area contributed by atoms with Gasteiger partial charge in [-0.2, -0.15) is 0 Å². The summed E-state index contributed by atoms with van der Waals surface area (Å²) in [6.45, 7) is 5.35. The highest BCUT2D eigenvalue weighted by Crippen LogP contribution is 2.06. The van der Waals surface area contributed by atoms with E-state index in [0.717, 1.165) is 12.0 Å². The van der Waals surface area contributed by atoms with E-state index in [9.17, 15) is 9.59 Å². The maximum atomic E-state index is 11.8. The van der Waals surface area contributed by atoms with Crippen molar-refractivity contribution in [3.8, 4) is 0 Å². The van der Waals surface area contributed by atoms with Crippen LogP contribution in [0, 0.1) is 5.92 Å². The number of ketones is 1. The number of nitrogens with one attached hydrogen (secondary N) is 1. The molecule has 0 unspecified atom stereocenters. The summed E-state index contributed by atoms with van der Waals surface area (Å²) in [5.74, 6) is -0.105. The van der Waals surface area contributed by atoms with Crippen LogP contribution in [0.25, 0.3) is 0 Å². The minimum atomic E-state index is -0.422. The average molecular weight is 247 g/mol. The van der Waals surface area contributed by atoms with E-state index in [0.29, 0.717) is 6.42 Å². The Kier molecular flexibility index (Phi) is 5.56. The van der Waals surface area contributed by atoms with E-state index >= 15 is 0 Å². The Bertz CT molecular complexity index is 400. The fourth-order valence-corrected chi connectivity index (χ4v) is 1.65. The lowest BCUT2D eigenvalue weighted by molar-refractivity contribution is -0.129. The molecule has 0 radical (unpaired) electrons. The minimum Gasteiger partial charge on any atom is -0.346 e. The molecule has 0 aliphatic rings. The first kappa shape index (κ1) is 14.4. The molecule has 1 N–H and O–H groups in total. The van der Waals surface area contributed by atoms with Crippen LogP contribution in [0.5, 0.6) is 0 Å². The van der Waals surface area contributed by atoms with Gasteiger partial charge in [0.2, 0.25) is 5.91 Å². The van der Waals surface area contributed by atoms with Crippen LogP contribution >= 0.6 is 0 Å². The Labute approximate surface area is 109 Å². The molecule has 2 atom stereocenters. The molecule has 0 aliphatic carbocycles. The lowest BCUT2D eigenvalue weighted by Gasteiger charge is -2.18. The van der Waals surface area contributed by atoms with Crippen molar-refractivity contribution in [2.45, 2.75) is 39.7 Å². The fourth-order valence-electron chi connectivity index (χ4n) is 1.65. The normalized spacial score (nSPS) is 13.7. The van der Waals surface area contributed by atoms with Crippen LogP contribution in [-0.2, 0) is 16.0 Å². The van der Waals surface area contributed by atoms with E-state index in [2.05, 4.69) is 5.32 Å². The van der Waals surface area contributed by atoms with Crippen molar-refractivity contribution in [1.29, 1.82) is 0 Å². The van der Waals surface area contributed by atoms with E-state index in [1.807, 2.05) is 44.2 Å². The Morgan fingerprint density at radius 2 is 1.83 bits per heavy atom. The molecule has 0 bridgehead atoms. The summed E-state index contributed by atoms with van der Waals surface area (Å²) in [5, 5.41) is 2.83. The lowest BCUT2D eigenvalue weighted by Crippen LogP contribution is -2.43. The van der Waals surface area contributed by atoms with Crippen LogP contribution in [0.3, 0.4) is 0 Å². The van der Waals surface area contributed by atoms with E-state index in [-0.39, 0.29) is 17.6 Å². The molecule has 0 aromatic heterocycles. The number of benzene rings is 1. The lowest BCUT2D eigenvalue weighted by atomic mass is 10.0. The highest BCUT2D eigenvalue weighted by Gasteiger charge is 2.20. The maximum Gasteiger partial charge on any atom is 0.223 e. The molecule has 0 spiro atoms. The summed E-state index contributed by atoms with van der Waals surface area (Å²) in [4.78, 5) is 23.4. The van der Waals surface area contributed by atoms with Gasteiger partial charge < -0.3 is 5.32 Å². The molecular weight excluding hydrogens is 226 g/mol. The van der Waals surface area contributed by atoms with Crippen LogP contribution in [-0.4, -0.2) is 17.7 Å². The SMILES string of the molecule is CC[C@H](C)C(=O)N[C@H](Cc1ccccc1)C(C)=O. The zero-order valence-corrected chi connectivity index (χ0v) is 11.3. The number of hydrogen-bond acceptors (Lipinski definition) is 2. The van der Waals surface area contributed by atoms with Gasteiger partial charge >= 0.3 is 0 Å². The van der Waals surface area contributed by atoms with Gasteiger partial charge in [0.1, 0.15) is 0 Å². The third kappa shape index (κ3) is 4.32. The number of carbonyl (C=O) groups is 2. The Morgan fingerprint density at radius 1 is 1.22 bits per heavy atom. The van der Waals surface area contributed by atoms with E-state index in [1.54, 1.807) is 0 Å². The molecule has 1 rings (SSSR count). The molecule has 1 aromatic rings. The smallest absolute Gasteiger partial charge is 0.223 e. The highest BCUT2D eigenvalue weighted by molar-refractivity contribution is 5.88. The summed E-state index contributed by atoms with van der Waals surface area (Å²) in [5.41, 5.74) is 1.06. The molecule has 0 saturated carbocycles. The zero-order valence-electron chi connectivity index (χ0n) is 11.3. The van der Waals surface area contributed by atoms with Gasteiger partial charge in [0.05, 0.1) is 6.04 Å². The molecule has 0 saturated heterocycles. The quantitative estimate of drug-likeness (QED) is 0.838. The van der Waals surface area contributed by atoms with E-state index in [1.165, 1.54) is 6.92 Å². The summed E-state index contributed by atoms with van der Waals surface area (Å²) in [6, 6.07) is 9.31. The van der Waals surface area contributed by atoms with Gasteiger partial charge in [-0.05, 0) is 25.3 Å². The van der Waals surface area contributed by atoms with Crippen molar-refractivity contribution in [2.75, 3.05) is 0 Å². The minimum absolute atomic E-state index is 0.00416. The van der Waals surface area contributed by atoms with Crippen LogP contribution < -0.4 is 5.32 Å². The number of rotatable bonds is 6. The van der Waals surface area contributed by atoms with Crippen molar-refractivity contribution in [1.82, 2.24) is 5.32 Å². The molecule has 1 aromatic carbocycles. The van der Waals surface area contributed by atoms with Gasteiger partial charge in [-0.3, -0.25) is 9.59 Å². The second-order valence-electron chi connectivity index (χ2n) is 4.67. The maximum absolute atomic E-state index is 11.8. The second kappa shape index (κ2) is 6.94. The van der Waals surface area contributed by atoms with E-state index in [4.69, 9.17) is 0 Å². The van der Waals surface area contributed by atoms with Gasteiger partial charge in [-0.25, -0.2) is 0 Å². The van der Waals surface area contributed by atoms with Crippen LogP contribution in [0.15, 0.2) is 30.3 Å². The molecule has 3 nitrogen and oxygen atoms in total. The Balaban J connectivity index is 2.67. The van der Waals surface area contributed by atoms with Crippen molar-refractivity contribution in [2.24, 2.45) is 5.92 Å². The third-order valence-corrected chi connectivity index (χ3v) is 3.15. The van der Waals surface area contributed by atoms with Gasteiger partial charge in [0.25, 0.3) is 0 Å². The monoisotopic (exact) mass is 247 g/mol. The molecular formula is C15H21NO2. The third-order valence-electron chi connectivity index (χ3n) is 3.15. The molecule has 3 heteroatoms. The van der Waals surface area contributed by atoms with Gasteiger partial charge in [0, 0.05) is 5.92 Å². The number of amides is 1. The van der Waals surface area contributed by atoms with Gasteiger partial charge in [0.15, 0.2) is 5.78 Å². The van der Waals surface area contributed by atoms with Gasteiger partial charge in [-0.15, -0.1) is 0 Å². The number of hydrogen-bond donors (Lipinski definition) is 1. The first-order valence-corrected chi connectivity index (χ1v) is 6.39. The molecule has 0 fully saturated rings. The van der Waals surface area contributed by atoms with Crippen LogP contribution in [0.4, 0.5) is 0 Å². The molecule has 18 heavy (non-hydrogen) atoms. The van der Waals surface area contributed by atoms with Gasteiger partial charge in [-0.1, -0.05) is 44.2 Å². The van der Waals surface area contributed by atoms with Crippen LogP contribution in [0.1, 0.15) is 32.8 Å². The molecule has 0 heterocycles. The Morgan fingerprint density at radius 3 is 2.33 bits per heavy atom. The number of Topliss-reactive ketones (excluding diaryl/α,β-unsaturated/α-hetero) is 1. The highest BCUT2D eigenvalue weighted by atomic mass is 16.2. The Hall–Kier alpha value is -1.64. The standard InChI is InChI=1S/C15H21NO2/c1-4-11(2)15(18)16-14(12(3)17)10-13-8-6-5-7-9-13/h5-9,11,14H,4,10H2,1-3H3,(H,16,18)/t11-,14+/m0/s1. The summed E-state index contributed by atoms with van der Waals surface area (Å²) < 4.78 is 0. The fraction of sp³-hybridized carbons (Fsp3) is 0.467. The first-order chi connectivity index (χ1) is 8.54. The summed E-state index contributed by atoms with van der Waals surface area (Å²) in [7, 11) is 0. The topological polar surface area (TPSA) is 46.2 Å². The predicted molar refractivity (Wildman–Crippen MR) is 72.2 cm³/mol. The van der Waals surface area contributed by atoms with Crippen molar-refractivity contribution < 1.29 is 9.59 Å². The largest absolute Gasteiger partial charge is 0.346 e. The van der Waals surface area contributed by atoms with Crippen molar-refractivity contribution >= 4 is 11.7 Å². The first-order valence-electron chi connectivity index (χ1n) is 6.39. The molecule has 0 aliphatic heterocycles. The van der Waals surface area contributed by atoms with Crippen molar-refractivity contribution in [3.63, 3.8) is 0 Å². The average Bonchev–Trinajstić information content (AvgIpc) is 2.37. The summed E-state index contributed by atoms with van der Waals surface area (Å²) in [6.07, 6.45) is 1.33. The van der Waals surface area contributed by atoms with E-state index < -0.39 is 6.04 Å².